The SMILES string of the molecule is CCCC(NC(=O)c1cccc2c(C)c(C)[nH]c12)C(=O)O. The molecule has 2 rings (SSSR count). The van der Waals surface area contributed by atoms with Crippen LogP contribution in [0.1, 0.15) is 41.4 Å². The summed E-state index contributed by atoms with van der Waals surface area (Å²) in [4.78, 5) is 26.7. The Morgan fingerprint density at radius 2 is 2.05 bits per heavy atom. The van der Waals surface area contributed by atoms with Gasteiger partial charge < -0.3 is 15.4 Å². The number of carboxylic acid groups (broad SMARTS) is 1. The van der Waals surface area contributed by atoms with Crippen molar-refractivity contribution in [1.82, 2.24) is 10.3 Å². The molecule has 0 aliphatic rings. The third-order valence-electron chi connectivity index (χ3n) is 3.77. The maximum absolute atomic E-state index is 12.4. The predicted molar refractivity (Wildman–Crippen MR) is 81.6 cm³/mol. The lowest BCUT2D eigenvalue weighted by Crippen LogP contribution is -2.40. The molecule has 1 atom stereocenters. The van der Waals surface area contributed by atoms with E-state index in [0.717, 1.165) is 22.2 Å². The van der Waals surface area contributed by atoms with Crippen molar-refractivity contribution in [3.05, 3.63) is 35.0 Å². The van der Waals surface area contributed by atoms with Crippen LogP contribution in [0.15, 0.2) is 18.2 Å². The average molecular weight is 288 g/mol. The molecule has 21 heavy (non-hydrogen) atoms. The van der Waals surface area contributed by atoms with Gasteiger partial charge in [-0.05, 0) is 31.9 Å². The van der Waals surface area contributed by atoms with Crippen molar-refractivity contribution in [3.8, 4) is 0 Å². The first-order valence-electron chi connectivity index (χ1n) is 7.07. The van der Waals surface area contributed by atoms with Crippen molar-refractivity contribution in [2.75, 3.05) is 0 Å². The van der Waals surface area contributed by atoms with Gasteiger partial charge in [0.05, 0.1) is 11.1 Å². The highest BCUT2D eigenvalue weighted by atomic mass is 16.4. The highest BCUT2D eigenvalue weighted by molar-refractivity contribution is 6.07. The summed E-state index contributed by atoms with van der Waals surface area (Å²) in [5, 5.41) is 12.7. The summed E-state index contributed by atoms with van der Waals surface area (Å²) in [7, 11) is 0. The first kappa shape index (κ1) is 15.1. The molecule has 0 fully saturated rings. The summed E-state index contributed by atoms with van der Waals surface area (Å²) in [6, 6.07) is 4.62. The fraction of sp³-hybridized carbons (Fsp3) is 0.375. The van der Waals surface area contributed by atoms with Crippen molar-refractivity contribution in [3.63, 3.8) is 0 Å². The van der Waals surface area contributed by atoms with Crippen molar-refractivity contribution in [1.29, 1.82) is 0 Å². The highest BCUT2D eigenvalue weighted by Gasteiger charge is 2.21. The smallest absolute Gasteiger partial charge is 0.326 e. The second kappa shape index (κ2) is 5.99. The molecule has 0 saturated carbocycles. The van der Waals surface area contributed by atoms with Gasteiger partial charge in [-0.1, -0.05) is 25.5 Å². The number of aryl methyl sites for hydroxylation is 2. The van der Waals surface area contributed by atoms with E-state index < -0.39 is 12.0 Å². The summed E-state index contributed by atoms with van der Waals surface area (Å²) in [5.41, 5.74) is 3.34. The van der Waals surface area contributed by atoms with Crippen LogP contribution in [-0.4, -0.2) is 28.0 Å². The number of hydrogen-bond acceptors (Lipinski definition) is 2. The molecule has 0 spiro atoms. The van der Waals surface area contributed by atoms with E-state index in [9.17, 15) is 9.59 Å². The highest BCUT2D eigenvalue weighted by Crippen LogP contribution is 2.24. The molecule has 3 N–H and O–H groups in total. The summed E-state index contributed by atoms with van der Waals surface area (Å²) in [6.45, 7) is 5.83. The number of aromatic nitrogens is 1. The van der Waals surface area contributed by atoms with Crippen molar-refractivity contribution in [2.45, 2.75) is 39.7 Å². The van der Waals surface area contributed by atoms with Gasteiger partial charge in [0.2, 0.25) is 0 Å². The molecule has 5 nitrogen and oxygen atoms in total. The molecule has 0 aliphatic heterocycles. The Hall–Kier alpha value is -2.30. The number of hydrogen-bond donors (Lipinski definition) is 3. The molecule has 1 aromatic heterocycles. The van der Waals surface area contributed by atoms with Gasteiger partial charge in [0, 0.05) is 11.1 Å². The normalized spacial score (nSPS) is 12.3. The van der Waals surface area contributed by atoms with Crippen LogP contribution in [0.25, 0.3) is 10.9 Å². The first-order valence-corrected chi connectivity index (χ1v) is 7.07. The van der Waals surface area contributed by atoms with Gasteiger partial charge in [0.1, 0.15) is 6.04 Å². The van der Waals surface area contributed by atoms with Crippen LogP contribution >= 0.6 is 0 Å². The number of carbonyl (C=O) groups excluding carboxylic acids is 1. The van der Waals surface area contributed by atoms with Gasteiger partial charge in [0.15, 0.2) is 0 Å². The quantitative estimate of drug-likeness (QED) is 0.791. The zero-order valence-electron chi connectivity index (χ0n) is 12.5. The maximum atomic E-state index is 12.4. The van der Waals surface area contributed by atoms with E-state index in [-0.39, 0.29) is 5.91 Å². The van der Waals surface area contributed by atoms with E-state index in [1.807, 2.05) is 32.9 Å². The van der Waals surface area contributed by atoms with Gasteiger partial charge >= 0.3 is 5.97 Å². The minimum Gasteiger partial charge on any atom is -0.480 e. The fourth-order valence-corrected chi connectivity index (χ4v) is 2.45. The molecule has 0 bridgehead atoms. The molecule has 1 unspecified atom stereocenters. The van der Waals surface area contributed by atoms with Gasteiger partial charge in [-0.2, -0.15) is 0 Å². The van der Waals surface area contributed by atoms with E-state index in [2.05, 4.69) is 10.3 Å². The lowest BCUT2D eigenvalue weighted by Gasteiger charge is -2.13. The number of carbonyl (C=O) groups is 2. The minimum absolute atomic E-state index is 0.359. The largest absolute Gasteiger partial charge is 0.480 e. The molecule has 112 valence electrons. The molecule has 0 radical (unpaired) electrons. The Labute approximate surface area is 123 Å². The number of H-pyrrole nitrogens is 1. The molecule has 0 saturated heterocycles. The Morgan fingerprint density at radius 3 is 2.67 bits per heavy atom. The number of amides is 1. The third kappa shape index (κ3) is 2.91. The van der Waals surface area contributed by atoms with Crippen molar-refractivity contribution >= 4 is 22.8 Å². The van der Waals surface area contributed by atoms with Crippen LogP contribution in [0.2, 0.25) is 0 Å². The van der Waals surface area contributed by atoms with Crippen LogP contribution in [0.4, 0.5) is 0 Å². The van der Waals surface area contributed by atoms with Crippen molar-refractivity contribution < 1.29 is 14.7 Å². The fourth-order valence-electron chi connectivity index (χ4n) is 2.45. The van der Waals surface area contributed by atoms with E-state index >= 15 is 0 Å². The minimum atomic E-state index is -1.00. The van der Waals surface area contributed by atoms with E-state index in [1.165, 1.54) is 0 Å². The molecule has 1 heterocycles. The van der Waals surface area contributed by atoms with Gasteiger partial charge in [-0.25, -0.2) is 4.79 Å². The Balaban J connectivity index is 2.35. The van der Waals surface area contributed by atoms with Crippen molar-refractivity contribution in [2.24, 2.45) is 0 Å². The van der Waals surface area contributed by atoms with Crippen LogP contribution in [0.5, 0.6) is 0 Å². The van der Waals surface area contributed by atoms with E-state index in [4.69, 9.17) is 5.11 Å². The topological polar surface area (TPSA) is 82.2 Å². The Kier molecular flexibility index (Phi) is 4.31. The molecule has 1 amide bonds. The molecular weight excluding hydrogens is 268 g/mol. The zero-order chi connectivity index (χ0) is 15.6. The number of carboxylic acids is 1. The summed E-state index contributed by atoms with van der Waals surface area (Å²) in [5.74, 6) is -1.36. The number of aromatic amines is 1. The number of benzene rings is 1. The molecule has 5 heteroatoms. The maximum Gasteiger partial charge on any atom is 0.326 e. The molecular formula is C16H20N2O3. The summed E-state index contributed by atoms with van der Waals surface area (Å²) >= 11 is 0. The molecule has 2 aromatic rings. The molecule has 1 aromatic carbocycles. The lowest BCUT2D eigenvalue weighted by molar-refractivity contribution is -0.139. The van der Waals surface area contributed by atoms with Crippen LogP contribution in [-0.2, 0) is 4.79 Å². The molecule has 0 aliphatic carbocycles. The number of aliphatic carboxylic acids is 1. The monoisotopic (exact) mass is 288 g/mol. The van der Waals surface area contributed by atoms with Gasteiger partial charge in [-0.15, -0.1) is 0 Å². The predicted octanol–water partition coefficient (Wildman–Crippen LogP) is 2.77. The number of fused-ring (bicyclic) bond motifs is 1. The summed E-state index contributed by atoms with van der Waals surface area (Å²) in [6.07, 6.45) is 1.11. The lowest BCUT2D eigenvalue weighted by atomic mass is 10.1. The zero-order valence-corrected chi connectivity index (χ0v) is 12.5. The van der Waals surface area contributed by atoms with Gasteiger partial charge in [0.25, 0.3) is 5.91 Å². The van der Waals surface area contributed by atoms with Crippen LogP contribution in [0.3, 0.4) is 0 Å². The van der Waals surface area contributed by atoms with Crippen LogP contribution in [0, 0.1) is 13.8 Å². The first-order chi connectivity index (χ1) is 9.95. The van der Waals surface area contributed by atoms with E-state index in [0.29, 0.717) is 18.4 Å². The van der Waals surface area contributed by atoms with Crippen LogP contribution < -0.4 is 5.32 Å². The second-order valence-corrected chi connectivity index (χ2v) is 5.26. The average Bonchev–Trinajstić information content (AvgIpc) is 2.73. The standard InChI is InChI=1S/C16H20N2O3/c1-4-6-13(16(20)21)18-15(19)12-8-5-7-11-9(2)10(3)17-14(11)12/h5,7-8,13,17H,4,6H2,1-3H3,(H,18,19)(H,20,21). The second-order valence-electron chi connectivity index (χ2n) is 5.26. The van der Waals surface area contributed by atoms with Gasteiger partial charge in [-0.3, -0.25) is 4.79 Å². The number of para-hydroxylation sites is 1. The Bertz CT molecular complexity index is 688. The van der Waals surface area contributed by atoms with E-state index in [1.54, 1.807) is 6.07 Å². The third-order valence-corrected chi connectivity index (χ3v) is 3.77. The summed E-state index contributed by atoms with van der Waals surface area (Å²) < 4.78 is 0. The number of nitrogens with one attached hydrogen (secondary N) is 2. The Morgan fingerprint density at radius 1 is 1.33 bits per heavy atom. The number of rotatable bonds is 5.